The summed E-state index contributed by atoms with van der Waals surface area (Å²) in [6, 6.07) is 0. The predicted octanol–water partition coefficient (Wildman–Crippen LogP) is 0.316. The molecule has 0 radical (unpaired) electrons. The van der Waals surface area contributed by atoms with Crippen LogP contribution in [0.25, 0.3) is 0 Å². The van der Waals surface area contributed by atoms with Crippen LogP contribution in [0.2, 0.25) is 0 Å². The Hall–Kier alpha value is -0.150. The molecule has 0 amide bonds. The summed E-state index contributed by atoms with van der Waals surface area (Å²) in [5.74, 6) is 0.341. The fourth-order valence-corrected chi connectivity index (χ4v) is 1.38. The number of aliphatic hydroxyl groups excluding tert-OH is 1. The molecule has 0 aromatic heterocycles. The molecule has 0 aliphatic carbocycles. The second-order valence-corrected chi connectivity index (χ2v) is 2.89. The van der Waals surface area contributed by atoms with Crippen LogP contribution in [0.1, 0.15) is 12.8 Å². The van der Waals surface area contributed by atoms with Crippen molar-refractivity contribution in [1.29, 1.82) is 0 Å². The zero-order valence-electron chi connectivity index (χ0n) is 6.02. The van der Waals surface area contributed by atoms with E-state index in [9.17, 15) is 4.39 Å². The van der Waals surface area contributed by atoms with E-state index in [1.807, 2.05) is 0 Å². The second kappa shape index (κ2) is 3.88. The minimum Gasteiger partial charge on any atom is -0.392 e. The lowest BCUT2D eigenvalue weighted by Gasteiger charge is -2.25. The molecule has 1 heterocycles. The van der Waals surface area contributed by atoms with Crippen LogP contribution in [0.3, 0.4) is 0 Å². The first-order valence-corrected chi connectivity index (χ1v) is 3.77. The van der Waals surface area contributed by atoms with Crippen molar-refractivity contribution in [3.8, 4) is 0 Å². The predicted molar refractivity (Wildman–Crippen MR) is 37.6 cm³/mol. The van der Waals surface area contributed by atoms with Gasteiger partial charge in [0.25, 0.3) is 0 Å². The van der Waals surface area contributed by atoms with Crippen LogP contribution in [0, 0.1) is 5.92 Å². The van der Waals surface area contributed by atoms with Gasteiger partial charge in [0.2, 0.25) is 0 Å². The molecule has 1 aliphatic rings. The lowest BCUT2D eigenvalue weighted by Crippen LogP contribution is -2.39. The highest BCUT2D eigenvalue weighted by atomic mass is 19.1. The molecule has 0 saturated carbocycles. The van der Waals surface area contributed by atoms with E-state index in [0.29, 0.717) is 18.9 Å². The quantitative estimate of drug-likeness (QED) is 0.589. The van der Waals surface area contributed by atoms with Crippen LogP contribution in [0.15, 0.2) is 0 Å². The molecule has 2 nitrogen and oxygen atoms in total. The van der Waals surface area contributed by atoms with Gasteiger partial charge in [0.15, 0.2) is 0 Å². The fraction of sp³-hybridized carbons (Fsp3) is 1.00. The van der Waals surface area contributed by atoms with E-state index in [1.54, 1.807) is 0 Å². The summed E-state index contributed by atoms with van der Waals surface area (Å²) in [5.41, 5.74) is 0. The highest BCUT2D eigenvalue weighted by molar-refractivity contribution is 4.74. The van der Waals surface area contributed by atoms with Crippen LogP contribution < -0.4 is 5.32 Å². The normalized spacial score (nSPS) is 34.2. The largest absolute Gasteiger partial charge is 0.392 e. The topological polar surface area (TPSA) is 32.3 Å². The van der Waals surface area contributed by atoms with Crippen molar-refractivity contribution in [2.75, 3.05) is 19.8 Å². The Bertz CT molecular complexity index is 97.6. The average molecular weight is 147 g/mol. The summed E-state index contributed by atoms with van der Waals surface area (Å²) in [4.78, 5) is 0. The summed E-state index contributed by atoms with van der Waals surface area (Å²) in [6.45, 7) is 1.27. The number of hydrogen-bond acceptors (Lipinski definition) is 2. The number of rotatable bonds is 2. The van der Waals surface area contributed by atoms with E-state index in [1.165, 1.54) is 0 Å². The summed E-state index contributed by atoms with van der Waals surface area (Å²) >= 11 is 0. The molecule has 3 heteroatoms. The maximum atomic E-state index is 11.8. The third-order valence-corrected chi connectivity index (χ3v) is 1.94. The number of halogens is 1. The van der Waals surface area contributed by atoms with Gasteiger partial charge in [0.05, 0.1) is 12.8 Å². The van der Waals surface area contributed by atoms with Gasteiger partial charge in [-0.1, -0.05) is 0 Å². The van der Waals surface area contributed by atoms with Crippen LogP contribution in [0.5, 0.6) is 0 Å². The van der Waals surface area contributed by atoms with Crippen molar-refractivity contribution in [3.05, 3.63) is 0 Å². The van der Waals surface area contributed by atoms with Gasteiger partial charge < -0.3 is 10.4 Å². The molecule has 0 spiro atoms. The van der Waals surface area contributed by atoms with Gasteiger partial charge in [-0.3, -0.25) is 4.39 Å². The Kier molecular flexibility index (Phi) is 3.09. The van der Waals surface area contributed by atoms with Crippen LogP contribution in [-0.4, -0.2) is 31.0 Å². The van der Waals surface area contributed by atoms with Crippen LogP contribution >= 0.6 is 0 Å². The Morgan fingerprint density at radius 2 is 2.30 bits per heavy atom. The molecule has 10 heavy (non-hydrogen) atoms. The van der Waals surface area contributed by atoms with Crippen molar-refractivity contribution in [2.45, 2.75) is 18.9 Å². The Labute approximate surface area is 60.4 Å². The van der Waals surface area contributed by atoms with Crippen LogP contribution in [0.4, 0.5) is 4.39 Å². The van der Waals surface area contributed by atoms with Crippen molar-refractivity contribution >= 4 is 0 Å². The molecule has 60 valence electrons. The molecule has 1 saturated heterocycles. The number of β-amino-alcohol motifs (C(OH)–C–C–N with tert-alkyl or cyclic N) is 1. The second-order valence-electron chi connectivity index (χ2n) is 2.89. The van der Waals surface area contributed by atoms with Gasteiger partial charge in [-0.15, -0.1) is 0 Å². The van der Waals surface area contributed by atoms with Gasteiger partial charge >= 0.3 is 0 Å². The van der Waals surface area contributed by atoms with E-state index >= 15 is 0 Å². The highest BCUT2D eigenvalue weighted by Gasteiger charge is 2.18. The number of nitrogens with one attached hydrogen (secondary N) is 1. The summed E-state index contributed by atoms with van der Waals surface area (Å²) in [6.07, 6.45) is 1.09. The smallest absolute Gasteiger partial charge is 0.0897 e. The minimum atomic E-state index is -0.265. The molecule has 2 N–H and O–H groups in total. The minimum absolute atomic E-state index is 0.259. The number of alkyl halides is 1. The zero-order chi connectivity index (χ0) is 7.40. The molecular formula is C7H14FNO. The molecule has 1 aliphatic heterocycles. The van der Waals surface area contributed by atoms with Gasteiger partial charge in [-0.05, 0) is 25.3 Å². The van der Waals surface area contributed by atoms with E-state index in [2.05, 4.69) is 5.32 Å². The number of aliphatic hydroxyl groups is 1. The van der Waals surface area contributed by atoms with Crippen molar-refractivity contribution < 1.29 is 9.50 Å². The van der Waals surface area contributed by atoms with E-state index < -0.39 is 0 Å². The molecule has 1 fully saturated rings. The molecule has 2 unspecified atom stereocenters. The Balaban J connectivity index is 2.18. The van der Waals surface area contributed by atoms with Crippen LogP contribution in [-0.2, 0) is 0 Å². The lowest BCUT2D eigenvalue weighted by molar-refractivity contribution is 0.109. The third kappa shape index (κ3) is 2.23. The van der Waals surface area contributed by atoms with Gasteiger partial charge in [-0.2, -0.15) is 0 Å². The number of hydrogen-bond donors (Lipinski definition) is 2. The fourth-order valence-electron chi connectivity index (χ4n) is 1.38. The standard InChI is InChI=1S/C7H14FNO/c8-2-1-6-3-7(10)5-9-4-6/h6-7,9-10H,1-5H2. The summed E-state index contributed by atoms with van der Waals surface area (Å²) in [7, 11) is 0. The Morgan fingerprint density at radius 1 is 1.50 bits per heavy atom. The van der Waals surface area contributed by atoms with E-state index in [-0.39, 0.29) is 12.8 Å². The molecule has 2 atom stereocenters. The lowest BCUT2D eigenvalue weighted by atomic mass is 9.95. The van der Waals surface area contributed by atoms with Gasteiger partial charge in [0, 0.05) is 6.54 Å². The third-order valence-electron chi connectivity index (χ3n) is 1.94. The molecule has 1 rings (SSSR count). The molecule has 0 bridgehead atoms. The zero-order valence-corrected chi connectivity index (χ0v) is 6.02. The molecule has 0 aromatic carbocycles. The monoisotopic (exact) mass is 147 g/mol. The summed E-state index contributed by atoms with van der Waals surface area (Å²) < 4.78 is 11.8. The molecular weight excluding hydrogens is 133 g/mol. The molecule has 0 aromatic rings. The van der Waals surface area contributed by atoms with E-state index in [4.69, 9.17) is 5.11 Å². The highest BCUT2D eigenvalue weighted by Crippen LogP contribution is 2.13. The maximum absolute atomic E-state index is 11.8. The SMILES string of the molecule is OC1CNCC(CCF)C1. The summed E-state index contributed by atoms with van der Waals surface area (Å²) in [5, 5.41) is 12.2. The van der Waals surface area contributed by atoms with Gasteiger partial charge in [-0.25, -0.2) is 0 Å². The first kappa shape index (κ1) is 7.95. The maximum Gasteiger partial charge on any atom is 0.0897 e. The first-order chi connectivity index (χ1) is 4.83. The first-order valence-electron chi connectivity index (χ1n) is 3.77. The van der Waals surface area contributed by atoms with Crippen molar-refractivity contribution in [2.24, 2.45) is 5.92 Å². The van der Waals surface area contributed by atoms with Crippen molar-refractivity contribution in [1.82, 2.24) is 5.32 Å². The Morgan fingerprint density at radius 3 is 2.90 bits per heavy atom. The number of piperidine rings is 1. The van der Waals surface area contributed by atoms with E-state index in [0.717, 1.165) is 13.0 Å². The van der Waals surface area contributed by atoms with Gasteiger partial charge in [0.1, 0.15) is 0 Å². The average Bonchev–Trinajstić information content (AvgIpc) is 1.88. The van der Waals surface area contributed by atoms with Crippen molar-refractivity contribution in [3.63, 3.8) is 0 Å².